The third-order valence-corrected chi connectivity index (χ3v) is 9.42. The summed E-state index contributed by atoms with van der Waals surface area (Å²) in [6.07, 6.45) is 12.9. The standard InChI is InChI=1S/C36H42OS/c1-4-6-8-10-22-36(23-11-9-7-5-2)33-25-28(27-14-18-30(37-3)19-15-27)16-20-31(33)32-21-17-29(26-34(32)36)35-13-12-24-38-35/h12-21,24-26H,4-11,22-23H2,1-3H3. The summed E-state index contributed by atoms with van der Waals surface area (Å²) in [5, 5.41) is 2.20. The molecule has 4 aromatic rings. The SMILES string of the molecule is CCCCCCC1(CCCCCC)c2cc(-c3ccc(OC)cc3)ccc2-c2ccc(-c3cccs3)cc21. The number of methoxy groups -OCH3 is 1. The highest BCUT2D eigenvalue weighted by atomic mass is 32.1. The van der Waals surface area contributed by atoms with Crippen LogP contribution in [0.3, 0.4) is 0 Å². The van der Waals surface area contributed by atoms with Crippen LogP contribution in [0.15, 0.2) is 78.2 Å². The summed E-state index contributed by atoms with van der Waals surface area (Å²) >= 11 is 1.85. The van der Waals surface area contributed by atoms with Gasteiger partial charge in [0, 0.05) is 10.3 Å². The van der Waals surface area contributed by atoms with Gasteiger partial charge in [-0.2, -0.15) is 0 Å². The normalized spacial score (nSPS) is 13.3. The van der Waals surface area contributed by atoms with Crippen LogP contribution in [0.2, 0.25) is 0 Å². The summed E-state index contributed by atoms with van der Waals surface area (Å²) in [5.41, 5.74) is 10.0. The molecule has 1 heterocycles. The number of fused-ring (bicyclic) bond motifs is 3. The van der Waals surface area contributed by atoms with Crippen LogP contribution in [-0.4, -0.2) is 7.11 Å². The highest BCUT2D eigenvalue weighted by molar-refractivity contribution is 7.13. The minimum absolute atomic E-state index is 0.0852. The summed E-state index contributed by atoms with van der Waals surface area (Å²) in [5.74, 6) is 0.907. The van der Waals surface area contributed by atoms with E-state index in [1.165, 1.54) is 96.9 Å². The van der Waals surface area contributed by atoms with Gasteiger partial charge in [0.2, 0.25) is 0 Å². The van der Waals surface area contributed by atoms with Gasteiger partial charge in [-0.15, -0.1) is 11.3 Å². The maximum atomic E-state index is 5.43. The molecule has 0 N–H and O–H groups in total. The van der Waals surface area contributed by atoms with Crippen LogP contribution < -0.4 is 4.74 Å². The molecule has 5 rings (SSSR count). The highest BCUT2D eigenvalue weighted by Gasteiger charge is 2.42. The summed E-state index contributed by atoms with van der Waals surface area (Å²) in [6.45, 7) is 4.63. The molecule has 0 bridgehead atoms. The molecule has 1 nitrogen and oxygen atoms in total. The van der Waals surface area contributed by atoms with Crippen molar-refractivity contribution >= 4 is 11.3 Å². The van der Waals surface area contributed by atoms with E-state index in [2.05, 4.69) is 92.0 Å². The van der Waals surface area contributed by atoms with Crippen molar-refractivity contribution in [1.29, 1.82) is 0 Å². The average Bonchev–Trinajstić information content (AvgIpc) is 3.59. The van der Waals surface area contributed by atoms with Gasteiger partial charge < -0.3 is 4.74 Å². The van der Waals surface area contributed by atoms with E-state index in [0.717, 1.165) is 5.75 Å². The molecule has 0 fully saturated rings. The molecule has 1 aromatic heterocycles. The van der Waals surface area contributed by atoms with Crippen LogP contribution in [0.4, 0.5) is 0 Å². The number of unbranched alkanes of at least 4 members (excludes halogenated alkanes) is 6. The van der Waals surface area contributed by atoms with E-state index in [0.29, 0.717) is 0 Å². The number of hydrogen-bond acceptors (Lipinski definition) is 2. The van der Waals surface area contributed by atoms with Crippen molar-refractivity contribution in [2.75, 3.05) is 7.11 Å². The Morgan fingerprint density at radius 2 is 1.21 bits per heavy atom. The number of rotatable bonds is 13. The largest absolute Gasteiger partial charge is 0.497 e. The number of thiophene rings is 1. The fourth-order valence-electron chi connectivity index (χ4n) is 6.43. The zero-order valence-electron chi connectivity index (χ0n) is 23.4. The Morgan fingerprint density at radius 1 is 0.632 bits per heavy atom. The lowest BCUT2D eigenvalue weighted by Crippen LogP contribution is -2.25. The Kier molecular flexibility index (Phi) is 8.69. The molecule has 2 heteroatoms. The second-order valence-corrected chi connectivity index (χ2v) is 11.9. The van der Waals surface area contributed by atoms with Crippen molar-refractivity contribution in [2.45, 2.75) is 83.5 Å². The monoisotopic (exact) mass is 522 g/mol. The van der Waals surface area contributed by atoms with Crippen LogP contribution in [0.5, 0.6) is 5.75 Å². The van der Waals surface area contributed by atoms with Gasteiger partial charge in [-0.05, 0) is 87.5 Å². The summed E-state index contributed by atoms with van der Waals surface area (Å²) in [4.78, 5) is 1.37. The first-order valence-electron chi connectivity index (χ1n) is 14.7. The van der Waals surface area contributed by atoms with Crippen molar-refractivity contribution in [1.82, 2.24) is 0 Å². The molecular weight excluding hydrogens is 480 g/mol. The third kappa shape index (κ3) is 5.34. The van der Waals surface area contributed by atoms with Gasteiger partial charge in [0.15, 0.2) is 0 Å². The lowest BCUT2D eigenvalue weighted by Gasteiger charge is -2.33. The Balaban J connectivity index is 1.63. The van der Waals surface area contributed by atoms with Gasteiger partial charge in [-0.1, -0.05) is 108 Å². The Bertz CT molecular complexity index is 1300. The third-order valence-electron chi connectivity index (χ3n) is 8.50. The van der Waals surface area contributed by atoms with Gasteiger partial charge in [0.1, 0.15) is 5.75 Å². The molecule has 0 atom stereocenters. The van der Waals surface area contributed by atoms with E-state index < -0.39 is 0 Å². The molecule has 0 saturated carbocycles. The molecule has 198 valence electrons. The van der Waals surface area contributed by atoms with Gasteiger partial charge >= 0.3 is 0 Å². The van der Waals surface area contributed by atoms with Gasteiger partial charge in [-0.3, -0.25) is 0 Å². The van der Waals surface area contributed by atoms with Crippen LogP contribution in [0, 0.1) is 0 Å². The van der Waals surface area contributed by atoms with Crippen molar-refractivity contribution in [2.24, 2.45) is 0 Å². The second kappa shape index (κ2) is 12.3. The van der Waals surface area contributed by atoms with E-state index in [1.54, 1.807) is 18.2 Å². The molecule has 1 aliphatic carbocycles. The molecule has 0 unspecified atom stereocenters. The Labute approximate surface area is 233 Å². The van der Waals surface area contributed by atoms with Crippen LogP contribution >= 0.6 is 11.3 Å². The first kappa shape index (κ1) is 26.8. The van der Waals surface area contributed by atoms with E-state index in [-0.39, 0.29) is 5.41 Å². The molecule has 0 radical (unpaired) electrons. The van der Waals surface area contributed by atoms with E-state index in [9.17, 15) is 0 Å². The minimum Gasteiger partial charge on any atom is -0.497 e. The fraction of sp³-hybridized carbons (Fsp3) is 0.389. The predicted molar refractivity (Wildman–Crippen MR) is 165 cm³/mol. The van der Waals surface area contributed by atoms with Gasteiger partial charge in [0.05, 0.1) is 7.11 Å². The first-order chi connectivity index (χ1) is 18.7. The molecule has 1 aliphatic rings. The molecule has 3 aromatic carbocycles. The zero-order chi connectivity index (χ0) is 26.4. The lowest BCUT2D eigenvalue weighted by molar-refractivity contribution is 0.401. The van der Waals surface area contributed by atoms with Crippen LogP contribution in [0.25, 0.3) is 32.7 Å². The minimum atomic E-state index is 0.0852. The molecule has 0 amide bonds. The lowest BCUT2D eigenvalue weighted by atomic mass is 9.70. The molecule has 0 aliphatic heterocycles. The second-order valence-electron chi connectivity index (χ2n) is 10.9. The highest BCUT2D eigenvalue weighted by Crippen LogP contribution is 2.55. The average molecular weight is 523 g/mol. The van der Waals surface area contributed by atoms with Crippen LogP contribution in [-0.2, 0) is 5.41 Å². The van der Waals surface area contributed by atoms with E-state index >= 15 is 0 Å². The summed E-state index contributed by atoms with van der Waals surface area (Å²) in [6, 6.07) is 27.5. The summed E-state index contributed by atoms with van der Waals surface area (Å²) < 4.78 is 5.43. The quantitative estimate of drug-likeness (QED) is 0.159. The maximum Gasteiger partial charge on any atom is 0.118 e. The van der Waals surface area contributed by atoms with Crippen molar-refractivity contribution in [3.8, 4) is 38.4 Å². The molecule has 0 saturated heterocycles. The number of hydrogen-bond donors (Lipinski definition) is 0. The molecular formula is C36H42OS. The molecule has 38 heavy (non-hydrogen) atoms. The number of benzene rings is 3. The smallest absolute Gasteiger partial charge is 0.118 e. The first-order valence-corrected chi connectivity index (χ1v) is 15.6. The molecule has 0 spiro atoms. The fourth-order valence-corrected chi connectivity index (χ4v) is 7.15. The van der Waals surface area contributed by atoms with Crippen molar-refractivity contribution < 1.29 is 4.74 Å². The van der Waals surface area contributed by atoms with Crippen LogP contribution in [0.1, 0.15) is 89.2 Å². The summed E-state index contributed by atoms with van der Waals surface area (Å²) in [7, 11) is 1.73. The Morgan fingerprint density at radius 3 is 1.76 bits per heavy atom. The Hall–Kier alpha value is -2.84. The number of ether oxygens (including phenoxy) is 1. The maximum absolute atomic E-state index is 5.43. The van der Waals surface area contributed by atoms with E-state index in [4.69, 9.17) is 4.74 Å². The topological polar surface area (TPSA) is 9.23 Å². The predicted octanol–water partition coefficient (Wildman–Crippen LogP) is 11.3. The zero-order valence-corrected chi connectivity index (χ0v) is 24.2. The van der Waals surface area contributed by atoms with Gasteiger partial charge in [0.25, 0.3) is 0 Å². The van der Waals surface area contributed by atoms with Crippen molar-refractivity contribution in [3.05, 3.63) is 89.3 Å². The van der Waals surface area contributed by atoms with E-state index in [1.807, 2.05) is 11.3 Å². The van der Waals surface area contributed by atoms with Crippen molar-refractivity contribution in [3.63, 3.8) is 0 Å². The van der Waals surface area contributed by atoms with Gasteiger partial charge in [-0.25, -0.2) is 0 Å².